The molecule has 0 bridgehead atoms. The molecule has 0 saturated heterocycles. The Morgan fingerprint density at radius 1 is 1.33 bits per heavy atom. The van der Waals surface area contributed by atoms with Crippen molar-refractivity contribution in [1.29, 1.82) is 0 Å². The quantitative estimate of drug-likeness (QED) is 0.801. The average Bonchev–Trinajstić information content (AvgIpc) is 2.44. The van der Waals surface area contributed by atoms with Gasteiger partial charge in [-0.05, 0) is 30.5 Å². The van der Waals surface area contributed by atoms with Gasteiger partial charge in [-0.15, -0.1) is 0 Å². The van der Waals surface area contributed by atoms with Gasteiger partial charge in [-0.25, -0.2) is 0 Å². The van der Waals surface area contributed by atoms with Gasteiger partial charge in [0.05, 0.1) is 12.1 Å². The molecule has 1 N–H and O–H groups in total. The fraction of sp³-hybridized carbons (Fsp3) is 0.467. The number of carbonyl (C=O) groups is 2. The number of benzene rings is 1. The van der Waals surface area contributed by atoms with Gasteiger partial charge >= 0.3 is 5.97 Å². The van der Waals surface area contributed by atoms with Gasteiger partial charge in [-0.2, -0.15) is 0 Å². The molecule has 0 radical (unpaired) electrons. The first kappa shape index (κ1) is 17.3. The smallest absolute Gasteiger partial charge is 0.303 e. The monoisotopic (exact) mass is 313 g/mol. The summed E-state index contributed by atoms with van der Waals surface area (Å²) in [7, 11) is 3.24. The SMILES string of the molecule is COc1ccc(CCC(=O)N(C)CCCC(=O)O)cc1Cl. The second kappa shape index (κ2) is 8.52. The van der Waals surface area contributed by atoms with E-state index >= 15 is 0 Å². The molecule has 5 nitrogen and oxygen atoms in total. The first-order chi connectivity index (χ1) is 9.93. The molecule has 0 aliphatic rings. The summed E-state index contributed by atoms with van der Waals surface area (Å²) in [6.45, 7) is 0.453. The van der Waals surface area contributed by atoms with Crippen molar-refractivity contribution in [3.8, 4) is 5.75 Å². The summed E-state index contributed by atoms with van der Waals surface area (Å²) in [5, 5.41) is 9.08. The molecule has 116 valence electrons. The average molecular weight is 314 g/mol. The van der Waals surface area contributed by atoms with E-state index in [0.29, 0.717) is 36.6 Å². The van der Waals surface area contributed by atoms with Gasteiger partial charge in [-0.3, -0.25) is 9.59 Å². The highest BCUT2D eigenvalue weighted by atomic mass is 35.5. The number of ether oxygens (including phenoxy) is 1. The first-order valence-electron chi connectivity index (χ1n) is 6.72. The maximum atomic E-state index is 11.9. The molecular formula is C15H20ClNO4. The Labute approximate surface area is 129 Å². The van der Waals surface area contributed by atoms with E-state index in [1.54, 1.807) is 31.2 Å². The van der Waals surface area contributed by atoms with Crippen LogP contribution in [-0.4, -0.2) is 42.6 Å². The largest absolute Gasteiger partial charge is 0.495 e. The summed E-state index contributed by atoms with van der Waals surface area (Å²) >= 11 is 6.03. The summed E-state index contributed by atoms with van der Waals surface area (Å²) in [6.07, 6.45) is 1.50. The molecule has 1 rings (SSSR count). The molecule has 1 aromatic carbocycles. The third kappa shape index (κ3) is 6.04. The minimum absolute atomic E-state index is 0.00710. The maximum Gasteiger partial charge on any atom is 0.303 e. The number of carbonyl (C=O) groups excluding carboxylic acids is 1. The van der Waals surface area contributed by atoms with Crippen molar-refractivity contribution >= 4 is 23.5 Å². The number of aryl methyl sites for hydroxylation is 1. The van der Waals surface area contributed by atoms with Crippen LogP contribution in [0.15, 0.2) is 18.2 Å². The zero-order valence-corrected chi connectivity index (χ0v) is 13.0. The Bertz CT molecular complexity index is 504. The van der Waals surface area contributed by atoms with Crippen LogP contribution in [0.25, 0.3) is 0 Å². The van der Waals surface area contributed by atoms with Crippen LogP contribution in [0.5, 0.6) is 5.75 Å². The van der Waals surface area contributed by atoms with Crippen molar-refractivity contribution in [2.24, 2.45) is 0 Å². The van der Waals surface area contributed by atoms with Crippen LogP contribution >= 0.6 is 11.6 Å². The summed E-state index contributed by atoms with van der Waals surface area (Å²) in [5.41, 5.74) is 0.966. The molecule has 1 amide bonds. The van der Waals surface area contributed by atoms with Crippen LogP contribution in [0.2, 0.25) is 5.02 Å². The van der Waals surface area contributed by atoms with Crippen molar-refractivity contribution in [3.05, 3.63) is 28.8 Å². The predicted octanol–water partition coefficient (Wildman–Crippen LogP) is 2.60. The fourth-order valence-corrected chi connectivity index (χ4v) is 2.18. The van der Waals surface area contributed by atoms with E-state index in [0.717, 1.165) is 5.56 Å². The van der Waals surface area contributed by atoms with E-state index in [2.05, 4.69) is 0 Å². The van der Waals surface area contributed by atoms with Crippen LogP contribution in [0.4, 0.5) is 0 Å². The topological polar surface area (TPSA) is 66.8 Å². The number of halogens is 1. The van der Waals surface area contributed by atoms with E-state index in [-0.39, 0.29) is 12.3 Å². The lowest BCUT2D eigenvalue weighted by Crippen LogP contribution is -2.28. The Balaban J connectivity index is 2.41. The van der Waals surface area contributed by atoms with Gasteiger partial charge in [0.1, 0.15) is 5.75 Å². The number of amides is 1. The number of aliphatic carboxylic acids is 1. The van der Waals surface area contributed by atoms with Gasteiger partial charge in [0.15, 0.2) is 0 Å². The van der Waals surface area contributed by atoms with Crippen LogP contribution in [0.1, 0.15) is 24.8 Å². The number of rotatable bonds is 8. The Hall–Kier alpha value is -1.75. The molecule has 0 fully saturated rings. The fourth-order valence-electron chi connectivity index (χ4n) is 1.90. The summed E-state index contributed by atoms with van der Waals surface area (Å²) in [6, 6.07) is 5.44. The second-order valence-electron chi connectivity index (χ2n) is 4.78. The summed E-state index contributed by atoms with van der Waals surface area (Å²) in [4.78, 5) is 23.9. The van der Waals surface area contributed by atoms with Crippen LogP contribution in [0, 0.1) is 0 Å². The lowest BCUT2D eigenvalue weighted by atomic mass is 10.1. The minimum Gasteiger partial charge on any atom is -0.495 e. The number of hydrogen-bond donors (Lipinski definition) is 1. The number of carboxylic acid groups (broad SMARTS) is 1. The van der Waals surface area contributed by atoms with Crippen LogP contribution in [0.3, 0.4) is 0 Å². The molecule has 0 unspecified atom stereocenters. The molecule has 6 heteroatoms. The lowest BCUT2D eigenvalue weighted by molar-refractivity contribution is -0.138. The van der Waals surface area contributed by atoms with Crippen molar-refractivity contribution in [2.75, 3.05) is 20.7 Å². The van der Waals surface area contributed by atoms with Crippen molar-refractivity contribution < 1.29 is 19.4 Å². The number of methoxy groups -OCH3 is 1. The van der Waals surface area contributed by atoms with E-state index in [9.17, 15) is 9.59 Å². The highest BCUT2D eigenvalue weighted by molar-refractivity contribution is 6.32. The molecule has 0 heterocycles. The van der Waals surface area contributed by atoms with Crippen LogP contribution < -0.4 is 4.74 Å². The van der Waals surface area contributed by atoms with E-state index < -0.39 is 5.97 Å². The molecule has 0 atom stereocenters. The normalized spacial score (nSPS) is 10.2. The standard InChI is InChI=1S/C15H20ClNO4/c1-17(9-3-4-15(19)20)14(18)8-6-11-5-7-13(21-2)12(16)10-11/h5,7,10H,3-4,6,8-9H2,1-2H3,(H,19,20). The number of carboxylic acids is 1. The maximum absolute atomic E-state index is 11.9. The molecule has 0 spiro atoms. The summed E-state index contributed by atoms with van der Waals surface area (Å²) < 4.78 is 5.07. The van der Waals surface area contributed by atoms with E-state index in [1.807, 2.05) is 6.07 Å². The molecule has 0 aromatic heterocycles. The number of nitrogens with zero attached hydrogens (tertiary/aromatic N) is 1. The molecule has 1 aromatic rings. The highest BCUT2D eigenvalue weighted by Gasteiger charge is 2.10. The van der Waals surface area contributed by atoms with Crippen molar-refractivity contribution in [2.45, 2.75) is 25.7 Å². The molecule has 0 aliphatic heterocycles. The lowest BCUT2D eigenvalue weighted by Gasteiger charge is -2.16. The van der Waals surface area contributed by atoms with Gasteiger partial charge in [0.25, 0.3) is 0 Å². The molecular weight excluding hydrogens is 294 g/mol. The van der Waals surface area contributed by atoms with E-state index in [1.165, 1.54) is 0 Å². The minimum atomic E-state index is -0.844. The van der Waals surface area contributed by atoms with Gasteiger partial charge < -0.3 is 14.7 Å². The van der Waals surface area contributed by atoms with Crippen LogP contribution in [-0.2, 0) is 16.0 Å². The predicted molar refractivity (Wildman–Crippen MR) is 80.8 cm³/mol. The van der Waals surface area contributed by atoms with Crippen molar-refractivity contribution in [3.63, 3.8) is 0 Å². The van der Waals surface area contributed by atoms with Gasteiger partial charge in [0.2, 0.25) is 5.91 Å². The second-order valence-corrected chi connectivity index (χ2v) is 5.19. The Kier molecular flexibility index (Phi) is 7.02. The van der Waals surface area contributed by atoms with Crippen molar-refractivity contribution in [1.82, 2.24) is 4.90 Å². The first-order valence-corrected chi connectivity index (χ1v) is 7.10. The third-order valence-electron chi connectivity index (χ3n) is 3.15. The van der Waals surface area contributed by atoms with Gasteiger partial charge in [-0.1, -0.05) is 17.7 Å². The molecule has 0 aliphatic carbocycles. The molecule has 21 heavy (non-hydrogen) atoms. The highest BCUT2D eigenvalue weighted by Crippen LogP contribution is 2.25. The Morgan fingerprint density at radius 3 is 2.62 bits per heavy atom. The number of hydrogen-bond acceptors (Lipinski definition) is 3. The van der Waals surface area contributed by atoms with Gasteiger partial charge in [0, 0.05) is 26.4 Å². The Morgan fingerprint density at radius 2 is 2.05 bits per heavy atom. The molecule has 0 saturated carbocycles. The zero-order chi connectivity index (χ0) is 15.8. The zero-order valence-electron chi connectivity index (χ0n) is 12.3. The van der Waals surface area contributed by atoms with E-state index in [4.69, 9.17) is 21.4 Å². The third-order valence-corrected chi connectivity index (χ3v) is 3.45. The summed E-state index contributed by atoms with van der Waals surface area (Å²) in [5.74, 6) is -0.242.